The van der Waals surface area contributed by atoms with E-state index in [1.807, 2.05) is 0 Å². The van der Waals surface area contributed by atoms with Crippen LogP contribution >= 0.6 is 12.2 Å². The molecular weight excluding hydrogens is 288 g/mol. The monoisotopic (exact) mass is 316 g/mol. The number of para-hydroxylation sites is 1. The van der Waals surface area contributed by atoms with E-state index in [1.54, 1.807) is 5.57 Å². The van der Waals surface area contributed by atoms with Gasteiger partial charge in [0.25, 0.3) is 0 Å². The highest BCUT2D eigenvalue weighted by atomic mass is 32.1. The molecule has 1 aliphatic carbocycles. The standard InChI is InChI=1S/C19H28N2S/c1-3-16-11-8-12-17(4-2)18(16)21-19(22)20-14-13-15-9-6-5-7-10-15/h8-9,11-12H,3-7,10,13-14H2,1-2H3,(H2,20,21,22). The molecule has 0 radical (unpaired) electrons. The Kier molecular flexibility index (Phi) is 6.91. The molecule has 22 heavy (non-hydrogen) atoms. The van der Waals surface area contributed by atoms with Crippen molar-refractivity contribution in [3.8, 4) is 0 Å². The van der Waals surface area contributed by atoms with Crippen LogP contribution in [0.15, 0.2) is 29.8 Å². The van der Waals surface area contributed by atoms with Crippen molar-refractivity contribution in [2.45, 2.75) is 58.8 Å². The van der Waals surface area contributed by atoms with Gasteiger partial charge in [-0.25, -0.2) is 0 Å². The molecule has 0 aromatic heterocycles. The highest BCUT2D eigenvalue weighted by molar-refractivity contribution is 7.80. The number of aryl methyl sites for hydroxylation is 2. The van der Waals surface area contributed by atoms with Gasteiger partial charge in [-0.05, 0) is 68.3 Å². The van der Waals surface area contributed by atoms with Gasteiger partial charge in [0, 0.05) is 12.2 Å². The molecule has 1 aromatic rings. The van der Waals surface area contributed by atoms with E-state index in [9.17, 15) is 0 Å². The first kappa shape index (κ1) is 17.0. The Morgan fingerprint density at radius 3 is 2.45 bits per heavy atom. The third-order valence-electron chi connectivity index (χ3n) is 4.35. The zero-order valence-corrected chi connectivity index (χ0v) is 14.7. The van der Waals surface area contributed by atoms with Gasteiger partial charge in [-0.3, -0.25) is 0 Å². The van der Waals surface area contributed by atoms with Crippen molar-refractivity contribution in [1.82, 2.24) is 5.32 Å². The molecule has 1 aliphatic rings. The van der Waals surface area contributed by atoms with E-state index in [0.29, 0.717) is 0 Å². The summed E-state index contributed by atoms with van der Waals surface area (Å²) in [4.78, 5) is 0. The van der Waals surface area contributed by atoms with Crippen LogP contribution in [0.2, 0.25) is 0 Å². The highest BCUT2D eigenvalue weighted by Gasteiger charge is 2.08. The summed E-state index contributed by atoms with van der Waals surface area (Å²) in [6.45, 7) is 5.30. The summed E-state index contributed by atoms with van der Waals surface area (Å²) in [7, 11) is 0. The van der Waals surface area contributed by atoms with E-state index in [0.717, 1.165) is 30.9 Å². The number of benzene rings is 1. The van der Waals surface area contributed by atoms with Crippen LogP contribution in [0.5, 0.6) is 0 Å². The molecule has 0 unspecified atom stereocenters. The van der Waals surface area contributed by atoms with E-state index in [4.69, 9.17) is 12.2 Å². The molecule has 0 saturated heterocycles. The molecule has 0 saturated carbocycles. The second kappa shape index (κ2) is 8.94. The summed E-state index contributed by atoms with van der Waals surface area (Å²) < 4.78 is 0. The lowest BCUT2D eigenvalue weighted by Crippen LogP contribution is -2.30. The summed E-state index contributed by atoms with van der Waals surface area (Å²) in [5.74, 6) is 0. The fourth-order valence-corrected chi connectivity index (χ4v) is 3.23. The molecular formula is C19H28N2S. The number of allylic oxidation sites excluding steroid dienone is 1. The van der Waals surface area contributed by atoms with Crippen molar-refractivity contribution in [2.75, 3.05) is 11.9 Å². The van der Waals surface area contributed by atoms with Crippen molar-refractivity contribution >= 4 is 23.0 Å². The van der Waals surface area contributed by atoms with E-state index < -0.39 is 0 Å². The average molecular weight is 317 g/mol. The zero-order chi connectivity index (χ0) is 15.8. The first-order chi connectivity index (χ1) is 10.7. The van der Waals surface area contributed by atoms with E-state index in [1.165, 1.54) is 42.5 Å². The van der Waals surface area contributed by atoms with Crippen LogP contribution in [-0.4, -0.2) is 11.7 Å². The Hall–Kier alpha value is -1.35. The molecule has 0 amide bonds. The molecule has 2 nitrogen and oxygen atoms in total. The van der Waals surface area contributed by atoms with Gasteiger partial charge < -0.3 is 10.6 Å². The third kappa shape index (κ3) is 4.84. The minimum absolute atomic E-state index is 0.743. The average Bonchev–Trinajstić information content (AvgIpc) is 2.56. The van der Waals surface area contributed by atoms with Crippen LogP contribution in [0.1, 0.15) is 57.1 Å². The Balaban J connectivity index is 1.87. The first-order valence-corrected chi connectivity index (χ1v) is 8.99. The van der Waals surface area contributed by atoms with Gasteiger partial charge in [0.15, 0.2) is 5.11 Å². The predicted molar refractivity (Wildman–Crippen MR) is 101 cm³/mol. The lowest BCUT2D eigenvalue weighted by atomic mass is 9.97. The van der Waals surface area contributed by atoms with Crippen LogP contribution in [0.4, 0.5) is 5.69 Å². The highest BCUT2D eigenvalue weighted by Crippen LogP contribution is 2.22. The molecule has 2 N–H and O–H groups in total. The van der Waals surface area contributed by atoms with Gasteiger partial charge in [-0.15, -0.1) is 0 Å². The second-order valence-corrected chi connectivity index (χ2v) is 6.31. The Morgan fingerprint density at radius 1 is 1.14 bits per heavy atom. The molecule has 0 atom stereocenters. The van der Waals surface area contributed by atoms with Crippen LogP contribution in [0.3, 0.4) is 0 Å². The number of nitrogens with one attached hydrogen (secondary N) is 2. The number of hydrogen-bond donors (Lipinski definition) is 2. The Morgan fingerprint density at radius 2 is 1.86 bits per heavy atom. The van der Waals surface area contributed by atoms with Gasteiger partial charge in [-0.1, -0.05) is 43.7 Å². The van der Waals surface area contributed by atoms with Crippen molar-refractivity contribution in [3.05, 3.63) is 41.0 Å². The van der Waals surface area contributed by atoms with Crippen LogP contribution in [0, 0.1) is 0 Å². The van der Waals surface area contributed by atoms with E-state index in [-0.39, 0.29) is 0 Å². The normalized spacial score (nSPS) is 14.4. The summed E-state index contributed by atoms with van der Waals surface area (Å²) in [5, 5.41) is 7.52. The van der Waals surface area contributed by atoms with Crippen molar-refractivity contribution in [1.29, 1.82) is 0 Å². The fraction of sp³-hybridized carbons (Fsp3) is 0.526. The number of hydrogen-bond acceptors (Lipinski definition) is 1. The zero-order valence-electron chi connectivity index (χ0n) is 13.9. The van der Waals surface area contributed by atoms with Crippen molar-refractivity contribution in [2.24, 2.45) is 0 Å². The van der Waals surface area contributed by atoms with Gasteiger partial charge in [0.2, 0.25) is 0 Å². The lowest BCUT2D eigenvalue weighted by molar-refractivity contribution is 0.669. The summed E-state index contributed by atoms with van der Waals surface area (Å²) in [5.41, 5.74) is 5.45. The molecule has 0 spiro atoms. The Labute approximate surface area is 140 Å². The third-order valence-corrected chi connectivity index (χ3v) is 4.60. The summed E-state index contributed by atoms with van der Waals surface area (Å²) >= 11 is 5.48. The Bertz CT molecular complexity index is 512. The summed E-state index contributed by atoms with van der Waals surface area (Å²) in [6, 6.07) is 6.49. The summed E-state index contributed by atoms with van der Waals surface area (Å²) in [6.07, 6.45) is 10.8. The van der Waals surface area contributed by atoms with Crippen LogP contribution in [-0.2, 0) is 12.8 Å². The quantitative estimate of drug-likeness (QED) is 0.571. The topological polar surface area (TPSA) is 24.1 Å². The molecule has 0 aliphatic heterocycles. The first-order valence-electron chi connectivity index (χ1n) is 8.58. The molecule has 0 fully saturated rings. The second-order valence-electron chi connectivity index (χ2n) is 5.90. The fourth-order valence-electron chi connectivity index (χ4n) is 3.03. The molecule has 0 heterocycles. The minimum atomic E-state index is 0.743. The number of thiocarbonyl (C=S) groups is 1. The van der Waals surface area contributed by atoms with Gasteiger partial charge in [-0.2, -0.15) is 0 Å². The molecule has 0 bridgehead atoms. The smallest absolute Gasteiger partial charge is 0.170 e. The van der Waals surface area contributed by atoms with Gasteiger partial charge in [0.05, 0.1) is 0 Å². The maximum Gasteiger partial charge on any atom is 0.170 e. The van der Waals surface area contributed by atoms with E-state index in [2.05, 4.69) is 48.8 Å². The van der Waals surface area contributed by atoms with E-state index >= 15 is 0 Å². The van der Waals surface area contributed by atoms with Crippen LogP contribution < -0.4 is 10.6 Å². The van der Waals surface area contributed by atoms with Crippen molar-refractivity contribution < 1.29 is 0 Å². The maximum atomic E-state index is 5.48. The van der Waals surface area contributed by atoms with Gasteiger partial charge >= 0.3 is 0 Å². The lowest BCUT2D eigenvalue weighted by Gasteiger charge is -2.18. The predicted octanol–water partition coefficient (Wildman–Crippen LogP) is 4.99. The van der Waals surface area contributed by atoms with Gasteiger partial charge in [0.1, 0.15) is 0 Å². The minimum Gasteiger partial charge on any atom is -0.362 e. The largest absolute Gasteiger partial charge is 0.362 e. The molecule has 2 rings (SSSR count). The molecule has 120 valence electrons. The van der Waals surface area contributed by atoms with Crippen LogP contribution in [0.25, 0.3) is 0 Å². The molecule has 1 aromatic carbocycles. The number of anilines is 1. The number of rotatable bonds is 6. The molecule has 3 heteroatoms. The SMILES string of the molecule is CCc1cccc(CC)c1NC(=S)NCCC1=CCCCC1. The maximum absolute atomic E-state index is 5.48. The van der Waals surface area contributed by atoms with Crippen molar-refractivity contribution in [3.63, 3.8) is 0 Å².